The lowest BCUT2D eigenvalue weighted by Crippen LogP contribution is -2.61. The third-order valence-corrected chi connectivity index (χ3v) is 12.3. The van der Waals surface area contributed by atoms with E-state index in [1.54, 1.807) is 0 Å². The highest BCUT2D eigenvalue weighted by Gasteiger charge is 2.48. The van der Waals surface area contributed by atoms with E-state index in [2.05, 4.69) is 15.5 Å². The van der Waals surface area contributed by atoms with Crippen molar-refractivity contribution in [1.29, 1.82) is 0 Å². The molecule has 0 spiro atoms. The van der Waals surface area contributed by atoms with Crippen LogP contribution in [0.3, 0.4) is 0 Å². The van der Waals surface area contributed by atoms with Crippen LogP contribution in [0.4, 0.5) is 13.2 Å². The predicted molar refractivity (Wildman–Crippen MR) is 216 cm³/mol. The van der Waals surface area contributed by atoms with E-state index >= 15 is 0 Å². The first-order valence-corrected chi connectivity index (χ1v) is 21.1. The zero-order chi connectivity index (χ0) is 41.9. The van der Waals surface area contributed by atoms with Crippen molar-refractivity contribution in [1.82, 2.24) is 20.4 Å². The van der Waals surface area contributed by atoms with Gasteiger partial charge in [-0.1, -0.05) is 79.6 Å². The van der Waals surface area contributed by atoms with Crippen molar-refractivity contribution >= 4 is 17.7 Å². The Bertz CT molecular complexity index is 1930. The van der Waals surface area contributed by atoms with Gasteiger partial charge in [0.05, 0.1) is 24.9 Å². The smallest absolute Gasteiger partial charge is 0.392 e. The van der Waals surface area contributed by atoms with Crippen LogP contribution < -0.4 is 10.6 Å². The molecule has 0 bridgehead atoms. The van der Waals surface area contributed by atoms with Crippen LogP contribution in [-0.2, 0) is 37.0 Å². The van der Waals surface area contributed by atoms with Crippen molar-refractivity contribution in [3.63, 3.8) is 0 Å². The lowest BCUT2D eigenvalue weighted by atomic mass is 9.75. The summed E-state index contributed by atoms with van der Waals surface area (Å²) in [5, 5.41) is 15.7. The van der Waals surface area contributed by atoms with Gasteiger partial charge in [-0.05, 0) is 99.1 Å². The van der Waals surface area contributed by atoms with Crippen molar-refractivity contribution in [3.8, 4) is 11.1 Å². The van der Waals surface area contributed by atoms with E-state index in [0.29, 0.717) is 36.2 Å². The number of nitrogens with one attached hydrogen (secondary N) is 2. The highest BCUT2D eigenvalue weighted by molar-refractivity contribution is 5.90. The van der Waals surface area contributed by atoms with E-state index in [9.17, 15) is 32.7 Å². The lowest BCUT2D eigenvalue weighted by molar-refractivity contribution is -0.255. The number of alkyl halides is 3. The van der Waals surface area contributed by atoms with E-state index in [0.717, 1.165) is 59.1 Å². The van der Waals surface area contributed by atoms with Gasteiger partial charge in [-0.2, -0.15) is 13.2 Å². The summed E-state index contributed by atoms with van der Waals surface area (Å²) in [6.07, 6.45) is 1.40. The van der Waals surface area contributed by atoms with Gasteiger partial charge in [0.15, 0.2) is 6.29 Å². The number of ether oxygens (including phenoxy) is 2. The number of hydrogen-bond acceptors (Lipinski definition) is 7. The van der Waals surface area contributed by atoms with Crippen LogP contribution in [0.25, 0.3) is 11.1 Å². The van der Waals surface area contributed by atoms with E-state index in [4.69, 9.17) is 9.47 Å². The normalized spacial score (nSPS) is 26.6. The fraction of sp³-hybridized carbons (Fsp3) is 0.543. The van der Waals surface area contributed by atoms with Gasteiger partial charge < -0.3 is 30.1 Å². The van der Waals surface area contributed by atoms with Crippen molar-refractivity contribution in [2.45, 2.75) is 140 Å². The molecule has 0 radical (unpaired) electrons. The maximum Gasteiger partial charge on any atom is 0.471 e. The van der Waals surface area contributed by atoms with Crippen molar-refractivity contribution < 1.29 is 42.1 Å². The molecule has 7 atom stereocenters. The molecule has 3 heterocycles. The summed E-state index contributed by atoms with van der Waals surface area (Å²) in [7, 11) is 0. The molecule has 3 saturated heterocycles. The molecular weight excluding hydrogens is 762 g/mol. The third-order valence-electron chi connectivity index (χ3n) is 12.3. The summed E-state index contributed by atoms with van der Waals surface area (Å²) in [6, 6.07) is 22.2. The quantitative estimate of drug-likeness (QED) is 0.194. The molecule has 3 aliphatic heterocycles. The Labute approximate surface area is 344 Å². The van der Waals surface area contributed by atoms with Gasteiger partial charge in [0, 0.05) is 43.2 Å². The number of aliphatic hydroxyl groups excluding tert-OH is 1. The number of amides is 3. The van der Waals surface area contributed by atoms with Crippen LogP contribution in [0.2, 0.25) is 0 Å². The summed E-state index contributed by atoms with van der Waals surface area (Å²) >= 11 is 0. The minimum Gasteiger partial charge on any atom is -0.392 e. The van der Waals surface area contributed by atoms with Crippen LogP contribution in [0.5, 0.6) is 0 Å². The molecule has 7 rings (SSSR count). The summed E-state index contributed by atoms with van der Waals surface area (Å²) in [4.78, 5) is 41.7. The molecule has 1 saturated carbocycles. The van der Waals surface area contributed by atoms with Gasteiger partial charge in [-0.25, -0.2) is 0 Å². The number of likely N-dealkylation sites (tertiary alicyclic amines) is 2. The number of carbonyl (C=O) groups excluding carboxylic acids is 3. The SMILES string of the molecule is CC(C)(C)NC(=O)C1CCC2CCCCC2N1CC1CC(c2ccc(CO)cc2)OC(c2ccc(-c3cccc(CNC(=O)C4CCCN4C(=O)C(F)(F)F)c3)cc2)O1. The molecule has 3 aromatic carbocycles. The molecule has 318 valence electrons. The first kappa shape index (κ1) is 42.8. The Morgan fingerprint density at radius 1 is 0.780 bits per heavy atom. The topological polar surface area (TPSA) is 120 Å². The second kappa shape index (κ2) is 18.1. The van der Waals surface area contributed by atoms with Crippen LogP contribution in [0.1, 0.15) is 113 Å². The first-order valence-electron chi connectivity index (χ1n) is 21.1. The Morgan fingerprint density at radius 2 is 1.51 bits per heavy atom. The van der Waals surface area contributed by atoms with E-state index < -0.39 is 30.3 Å². The maximum atomic E-state index is 13.8. The molecule has 1 aliphatic carbocycles. The maximum absolute atomic E-state index is 13.8. The number of fused-ring (bicyclic) bond motifs is 1. The fourth-order valence-electron chi connectivity index (χ4n) is 9.44. The number of halogens is 3. The fourth-order valence-corrected chi connectivity index (χ4v) is 9.44. The molecular formula is C46H57F3N4O6. The summed E-state index contributed by atoms with van der Waals surface area (Å²) in [5.41, 5.74) is 4.86. The highest BCUT2D eigenvalue weighted by atomic mass is 19.4. The van der Waals surface area contributed by atoms with Gasteiger partial charge in [-0.3, -0.25) is 19.3 Å². The second-order valence-electron chi connectivity index (χ2n) is 17.7. The number of benzene rings is 3. The molecule has 4 fully saturated rings. The van der Waals surface area contributed by atoms with Gasteiger partial charge in [0.1, 0.15) is 6.04 Å². The Hall–Kier alpha value is -4.30. The minimum absolute atomic E-state index is 0.0493. The van der Waals surface area contributed by atoms with Crippen LogP contribution in [0.15, 0.2) is 72.8 Å². The van der Waals surface area contributed by atoms with E-state index in [1.807, 2.05) is 93.6 Å². The summed E-state index contributed by atoms with van der Waals surface area (Å²) in [5.74, 6) is -1.96. The Balaban J connectivity index is 1.07. The molecule has 59 heavy (non-hydrogen) atoms. The summed E-state index contributed by atoms with van der Waals surface area (Å²) < 4.78 is 52.8. The molecule has 10 nitrogen and oxygen atoms in total. The summed E-state index contributed by atoms with van der Waals surface area (Å²) in [6.45, 7) is 6.60. The molecule has 3 N–H and O–H groups in total. The van der Waals surface area contributed by atoms with Crippen LogP contribution in [-0.4, -0.2) is 81.7 Å². The average molecular weight is 819 g/mol. The second-order valence-corrected chi connectivity index (χ2v) is 17.7. The van der Waals surface area contributed by atoms with Crippen molar-refractivity contribution in [2.24, 2.45) is 5.92 Å². The lowest BCUT2D eigenvalue weighted by Gasteiger charge is -2.50. The van der Waals surface area contributed by atoms with Crippen LogP contribution >= 0.6 is 0 Å². The standard InChI is InChI=1S/C46H57F3N4O6/c1-45(2,3)51-42(56)39-22-21-32-9-4-5-11-37(32)53(39)27-36-25-40(33-15-13-29(28-54)14-16-33)59-43(58-36)34-19-17-31(18-20-34)35-10-6-8-30(24-35)26-50-41(55)38-12-7-23-52(38)44(57)46(47,48)49/h6,8,10,13-20,24,32,36-40,43,54H,4-5,7,9,11-12,21-23,25-28H2,1-3H3,(H,50,55)(H,51,56). The molecule has 3 aromatic rings. The number of nitrogens with zero attached hydrogens (tertiary/aromatic N) is 2. The largest absolute Gasteiger partial charge is 0.471 e. The predicted octanol–water partition coefficient (Wildman–Crippen LogP) is 7.50. The van der Waals surface area contributed by atoms with Gasteiger partial charge >= 0.3 is 12.1 Å². The number of piperidine rings is 1. The van der Waals surface area contributed by atoms with Gasteiger partial charge in [-0.15, -0.1) is 0 Å². The molecule has 4 aliphatic rings. The third kappa shape index (κ3) is 10.4. The minimum atomic E-state index is -5.03. The monoisotopic (exact) mass is 818 g/mol. The average Bonchev–Trinajstić information content (AvgIpc) is 3.72. The van der Waals surface area contributed by atoms with Crippen molar-refractivity contribution in [3.05, 3.63) is 95.1 Å². The first-order chi connectivity index (χ1) is 28.2. The zero-order valence-corrected chi connectivity index (χ0v) is 34.2. The van der Waals surface area contributed by atoms with Gasteiger partial charge in [0.25, 0.3) is 0 Å². The Kier molecular flexibility index (Phi) is 13.2. The zero-order valence-electron chi connectivity index (χ0n) is 34.2. The highest BCUT2D eigenvalue weighted by Crippen LogP contribution is 2.42. The number of rotatable bonds is 10. The number of hydrogen-bond donors (Lipinski definition) is 3. The molecule has 13 heteroatoms. The molecule has 0 aromatic heterocycles. The van der Waals surface area contributed by atoms with Crippen molar-refractivity contribution in [2.75, 3.05) is 13.1 Å². The number of carbonyl (C=O) groups is 3. The number of aliphatic hydroxyl groups is 1. The van der Waals surface area contributed by atoms with Crippen LogP contribution in [0, 0.1) is 5.92 Å². The molecule has 7 unspecified atom stereocenters. The van der Waals surface area contributed by atoms with E-state index in [-0.39, 0.29) is 55.8 Å². The molecule has 3 amide bonds. The van der Waals surface area contributed by atoms with Gasteiger partial charge in [0.2, 0.25) is 11.8 Å². The van der Waals surface area contributed by atoms with E-state index in [1.165, 1.54) is 12.8 Å². The Morgan fingerprint density at radius 3 is 2.22 bits per heavy atom.